The number of nitrogens with two attached hydrogens (primary N) is 1. The van der Waals surface area contributed by atoms with Gasteiger partial charge in [-0.3, -0.25) is 4.79 Å². The van der Waals surface area contributed by atoms with Gasteiger partial charge in [0.25, 0.3) is 5.91 Å². The number of hydrogen-bond donors (Lipinski definition) is 1. The monoisotopic (exact) mass is 255 g/mol. The van der Waals surface area contributed by atoms with Crippen LogP contribution < -0.4 is 5.73 Å². The quantitative estimate of drug-likeness (QED) is 0.894. The van der Waals surface area contributed by atoms with Gasteiger partial charge in [0.2, 0.25) is 0 Å². The summed E-state index contributed by atoms with van der Waals surface area (Å²) in [7, 11) is 0. The summed E-state index contributed by atoms with van der Waals surface area (Å²) < 4.78 is 42.8. The molecule has 2 N–H and O–H groups in total. The predicted octanol–water partition coefficient (Wildman–Crippen LogP) is 2.26. The van der Waals surface area contributed by atoms with Crippen molar-refractivity contribution in [3.63, 3.8) is 0 Å². The molecule has 7 heteroatoms. The first-order chi connectivity index (χ1) is 8.39. The highest BCUT2D eigenvalue weighted by Gasteiger charge is 2.34. The van der Waals surface area contributed by atoms with Crippen LogP contribution >= 0.6 is 0 Å². The Kier molecular flexibility index (Phi) is 2.82. The summed E-state index contributed by atoms with van der Waals surface area (Å²) in [6.45, 7) is 0. The van der Waals surface area contributed by atoms with Crippen molar-refractivity contribution in [1.82, 2.24) is 5.16 Å². The Bertz CT molecular complexity index is 590. The number of halogens is 3. The van der Waals surface area contributed by atoms with Crippen molar-refractivity contribution < 1.29 is 22.5 Å². The molecule has 1 amide bonds. The van der Waals surface area contributed by atoms with E-state index < -0.39 is 17.6 Å². The standard InChI is InChI=1S/C11H6F3N2O2/c12-11(13,14)7-4-2-1-3-6(7)9-5-8(10(15)17)16-18-9/h1-4H,(H2,15,17). The summed E-state index contributed by atoms with van der Waals surface area (Å²) in [5.41, 5.74) is 3.43. The number of amides is 1. The number of primary amides is 1. The number of benzene rings is 1. The van der Waals surface area contributed by atoms with E-state index >= 15 is 0 Å². The van der Waals surface area contributed by atoms with Crippen molar-refractivity contribution in [1.29, 1.82) is 0 Å². The Morgan fingerprint density at radius 1 is 1.33 bits per heavy atom. The number of aromatic nitrogens is 1. The fraction of sp³-hybridized carbons (Fsp3) is 0.0909. The normalized spacial score (nSPS) is 11.5. The minimum atomic E-state index is -4.54. The highest BCUT2D eigenvalue weighted by molar-refractivity contribution is 5.91. The zero-order valence-corrected chi connectivity index (χ0v) is 8.78. The summed E-state index contributed by atoms with van der Waals surface area (Å²) in [6.07, 6.45) is -4.54. The van der Waals surface area contributed by atoms with Gasteiger partial charge < -0.3 is 10.3 Å². The van der Waals surface area contributed by atoms with Crippen LogP contribution in [0.4, 0.5) is 13.2 Å². The zero-order valence-electron chi connectivity index (χ0n) is 8.78. The van der Waals surface area contributed by atoms with E-state index in [-0.39, 0.29) is 17.0 Å². The number of carbonyl (C=O) groups is 1. The molecule has 0 aliphatic heterocycles. The van der Waals surface area contributed by atoms with E-state index in [0.29, 0.717) is 0 Å². The SMILES string of the molecule is NC(=O)c1[c]c(-c2ccccc2C(F)(F)F)on1. The van der Waals surface area contributed by atoms with Crippen LogP contribution in [0.15, 0.2) is 28.8 Å². The Morgan fingerprint density at radius 3 is 2.56 bits per heavy atom. The van der Waals surface area contributed by atoms with Crippen molar-refractivity contribution in [2.75, 3.05) is 0 Å². The summed E-state index contributed by atoms with van der Waals surface area (Å²) in [5, 5.41) is 3.24. The van der Waals surface area contributed by atoms with Crippen molar-refractivity contribution in [3.05, 3.63) is 41.6 Å². The van der Waals surface area contributed by atoms with Crippen LogP contribution in [0, 0.1) is 6.07 Å². The van der Waals surface area contributed by atoms with Gasteiger partial charge in [0.05, 0.1) is 11.6 Å². The molecule has 0 atom stereocenters. The van der Waals surface area contributed by atoms with Crippen molar-refractivity contribution >= 4 is 5.91 Å². The number of nitrogens with zero attached hydrogens (tertiary/aromatic N) is 1. The van der Waals surface area contributed by atoms with Crippen molar-refractivity contribution in [2.24, 2.45) is 5.73 Å². The second-order valence-corrected chi connectivity index (χ2v) is 3.39. The molecule has 1 heterocycles. The lowest BCUT2D eigenvalue weighted by atomic mass is 10.0. The third-order valence-corrected chi connectivity index (χ3v) is 2.17. The Morgan fingerprint density at radius 2 is 2.00 bits per heavy atom. The van der Waals surface area contributed by atoms with Gasteiger partial charge in [-0.1, -0.05) is 23.4 Å². The van der Waals surface area contributed by atoms with Gasteiger partial charge in [-0.15, -0.1) is 0 Å². The largest absolute Gasteiger partial charge is 0.417 e. The van der Waals surface area contributed by atoms with E-state index in [4.69, 9.17) is 5.73 Å². The summed E-state index contributed by atoms with van der Waals surface area (Å²) in [4.78, 5) is 10.8. The summed E-state index contributed by atoms with van der Waals surface area (Å²) in [5.74, 6) is -1.20. The van der Waals surface area contributed by atoms with Gasteiger partial charge in [0.15, 0.2) is 11.5 Å². The molecular weight excluding hydrogens is 249 g/mol. The maximum absolute atomic E-state index is 12.7. The molecule has 0 aliphatic rings. The average molecular weight is 255 g/mol. The lowest BCUT2D eigenvalue weighted by Gasteiger charge is -2.09. The molecule has 0 spiro atoms. The van der Waals surface area contributed by atoms with Gasteiger partial charge in [-0.25, -0.2) is 0 Å². The van der Waals surface area contributed by atoms with Crippen LogP contribution in [-0.4, -0.2) is 11.1 Å². The molecule has 0 saturated carbocycles. The molecule has 0 fully saturated rings. The van der Waals surface area contributed by atoms with Crippen LogP contribution in [0.5, 0.6) is 0 Å². The van der Waals surface area contributed by atoms with E-state index in [2.05, 4.69) is 15.7 Å². The van der Waals surface area contributed by atoms with Gasteiger partial charge in [-0.2, -0.15) is 13.2 Å². The molecule has 18 heavy (non-hydrogen) atoms. The Labute approximate surface area is 99.2 Å². The Balaban J connectivity index is 2.53. The fourth-order valence-electron chi connectivity index (χ4n) is 1.40. The zero-order chi connectivity index (χ0) is 13.3. The molecule has 2 rings (SSSR count). The Hall–Kier alpha value is -2.31. The number of carbonyl (C=O) groups excluding carboxylic acids is 1. The van der Waals surface area contributed by atoms with Crippen LogP contribution in [-0.2, 0) is 6.18 Å². The highest BCUT2D eigenvalue weighted by atomic mass is 19.4. The van der Waals surface area contributed by atoms with Crippen LogP contribution in [0.2, 0.25) is 0 Å². The van der Waals surface area contributed by atoms with Crippen LogP contribution in [0.25, 0.3) is 11.3 Å². The number of hydrogen-bond acceptors (Lipinski definition) is 3. The number of alkyl halides is 3. The summed E-state index contributed by atoms with van der Waals surface area (Å²) in [6, 6.07) is 7.04. The van der Waals surface area contributed by atoms with Gasteiger partial charge >= 0.3 is 6.18 Å². The minimum Gasteiger partial charge on any atom is -0.364 e. The van der Waals surface area contributed by atoms with Gasteiger partial charge in [0, 0.05) is 5.56 Å². The lowest BCUT2D eigenvalue weighted by Crippen LogP contribution is -2.11. The van der Waals surface area contributed by atoms with E-state index in [1.165, 1.54) is 18.2 Å². The van der Waals surface area contributed by atoms with Gasteiger partial charge in [0.1, 0.15) is 0 Å². The van der Waals surface area contributed by atoms with E-state index in [1.807, 2.05) is 0 Å². The molecule has 1 aromatic heterocycles. The topological polar surface area (TPSA) is 69.1 Å². The molecule has 93 valence electrons. The first kappa shape index (κ1) is 12.2. The molecule has 4 nitrogen and oxygen atoms in total. The molecule has 0 aliphatic carbocycles. The van der Waals surface area contributed by atoms with Crippen molar-refractivity contribution in [2.45, 2.75) is 6.18 Å². The molecule has 1 aromatic carbocycles. The van der Waals surface area contributed by atoms with E-state index in [9.17, 15) is 18.0 Å². The maximum Gasteiger partial charge on any atom is 0.417 e. The molecule has 1 radical (unpaired) electrons. The molecule has 0 unspecified atom stereocenters. The van der Waals surface area contributed by atoms with Crippen LogP contribution in [0.1, 0.15) is 16.1 Å². The smallest absolute Gasteiger partial charge is 0.364 e. The second-order valence-electron chi connectivity index (χ2n) is 3.39. The molecule has 0 bridgehead atoms. The highest BCUT2D eigenvalue weighted by Crippen LogP contribution is 2.36. The number of rotatable bonds is 2. The second kappa shape index (κ2) is 4.17. The van der Waals surface area contributed by atoms with Crippen molar-refractivity contribution in [3.8, 4) is 11.3 Å². The molecule has 0 saturated heterocycles. The molecular formula is C11H6F3N2O2. The third-order valence-electron chi connectivity index (χ3n) is 2.17. The first-order valence-corrected chi connectivity index (χ1v) is 4.75. The van der Waals surface area contributed by atoms with E-state index in [0.717, 1.165) is 6.07 Å². The minimum absolute atomic E-state index is 0.245. The van der Waals surface area contributed by atoms with Crippen LogP contribution in [0.3, 0.4) is 0 Å². The maximum atomic E-state index is 12.7. The predicted molar refractivity (Wildman–Crippen MR) is 54.3 cm³/mol. The summed E-state index contributed by atoms with van der Waals surface area (Å²) >= 11 is 0. The van der Waals surface area contributed by atoms with Gasteiger partial charge in [-0.05, 0) is 6.07 Å². The fourth-order valence-corrected chi connectivity index (χ4v) is 1.40. The van der Waals surface area contributed by atoms with E-state index in [1.54, 1.807) is 0 Å². The lowest BCUT2D eigenvalue weighted by molar-refractivity contribution is -0.137. The molecule has 2 aromatic rings. The first-order valence-electron chi connectivity index (χ1n) is 4.75. The third kappa shape index (κ3) is 2.20. The average Bonchev–Trinajstić information content (AvgIpc) is 2.77.